The van der Waals surface area contributed by atoms with Crippen molar-refractivity contribution in [3.63, 3.8) is 0 Å². The molecule has 3 aromatic rings. The van der Waals surface area contributed by atoms with Gasteiger partial charge in [0, 0.05) is 30.6 Å². The van der Waals surface area contributed by atoms with Crippen LogP contribution in [-0.4, -0.2) is 33.4 Å². The predicted molar refractivity (Wildman–Crippen MR) is 130 cm³/mol. The first kappa shape index (κ1) is 23.8. The number of nitrogens with zero attached hydrogens (tertiary/aromatic N) is 3. The van der Waals surface area contributed by atoms with Gasteiger partial charge in [-0.2, -0.15) is 0 Å². The van der Waals surface area contributed by atoms with Crippen molar-refractivity contribution in [3.8, 4) is 0 Å². The zero-order valence-electron chi connectivity index (χ0n) is 19.4. The average Bonchev–Trinajstić information content (AvgIpc) is 2.86. The lowest BCUT2D eigenvalue weighted by atomic mass is 9.80. The van der Waals surface area contributed by atoms with E-state index in [1.807, 2.05) is 31.3 Å². The third-order valence-corrected chi connectivity index (χ3v) is 6.36. The number of aryl methyl sites for hydroxylation is 1. The summed E-state index contributed by atoms with van der Waals surface area (Å²) in [6, 6.07) is 11.3. The minimum absolute atomic E-state index is 0.164. The van der Waals surface area contributed by atoms with Gasteiger partial charge in [0.05, 0.1) is 6.04 Å². The maximum absolute atomic E-state index is 13.0. The number of amides is 1. The fourth-order valence-corrected chi connectivity index (χ4v) is 4.32. The van der Waals surface area contributed by atoms with Crippen LogP contribution in [0, 0.1) is 18.7 Å². The molecule has 1 saturated carbocycles. The van der Waals surface area contributed by atoms with Crippen LogP contribution in [-0.2, 0) is 11.2 Å². The third kappa shape index (κ3) is 6.57. The number of pyridine rings is 1. The van der Waals surface area contributed by atoms with Gasteiger partial charge in [0.2, 0.25) is 11.9 Å². The standard InChI is InChI=1S/C26H31FN6O/c1-17-2-11-24(30-15-17)33-26-29-13-12-23(32-26)20-7-3-19(4-8-20)16-31-25(34)22(28)14-18-5-9-21(27)10-6-18/h2,5-6,9-13,15,19-20,22H,3-4,7-8,14,16,28H2,1H3,(H,31,34)(H,29,30,32,33)/t19?,20?,22-/m1/s1. The quantitative estimate of drug-likeness (QED) is 0.467. The van der Waals surface area contributed by atoms with Gasteiger partial charge in [0.25, 0.3) is 0 Å². The maximum atomic E-state index is 13.0. The highest BCUT2D eigenvalue weighted by molar-refractivity contribution is 5.81. The molecule has 178 valence electrons. The van der Waals surface area contributed by atoms with E-state index in [1.54, 1.807) is 18.3 Å². The smallest absolute Gasteiger partial charge is 0.237 e. The first-order valence-corrected chi connectivity index (χ1v) is 11.8. The van der Waals surface area contributed by atoms with Crippen molar-refractivity contribution in [3.05, 3.63) is 77.5 Å². The highest BCUT2D eigenvalue weighted by atomic mass is 19.1. The second-order valence-electron chi connectivity index (χ2n) is 9.05. The Morgan fingerprint density at radius 2 is 1.85 bits per heavy atom. The molecule has 2 aromatic heterocycles. The Morgan fingerprint density at radius 3 is 2.56 bits per heavy atom. The van der Waals surface area contributed by atoms with Gasteiger partial charge in [0.1, 0.15) is 11.6 Å². The summed E-state index contributed by atoms with van der Waals surface area (Å²) in [7, 11) is 0. The van der Waals surface area contributed by atoms with E-state index in [2.05, 4.69) is 20.6 Å². The lowest BCUT2D eigenvalue weighted by Gasteiger charge is -2.28. The topological polar surface area (TPSA) is 106 Å². The fourth-order valence-electron chi connectivity index (χ4n) is 4.32. The Labute approximate surface area is 199 Å². The van der Waals surface area contributed by atoms with E-state index in [1.165, 1.54) is 12.1 Å². The van der Waals surface area contributed by atoms with Crippen LogP contribution in [0.25, 0.3) is 0 Å². The normalized spacial score (nSPS) is 18.8. The molecule has 0 saturated heterocycles. The molecule has 1 aliphatic carbocycles. The van der Waals surface area contributed by atoms with Gasteiger partial charge in [-0.05, 0) is 80.3 Å². The van der Waals surface area contributed by atoms with Gasteiger partial charge in [-0.1, -0.05) is 18.2 Å². The van der Waals surface area contributed by atoms with Gasteiger partial charge in [-0.3, -0.25) is 4.79 Å². The molecule has 1 amide bonds. The molecule has 1 fully saturated rings. The Hall–Kier alpha value is -3.39. The van der Waals surface area contributed by atoms with E-state index >= 15 is 0 Å². The van der Waals surface area contributed by atoms with Crippen LogP contribution >= 0.6 is 0 Å². The number of halogens is 1. The van der Waals surface area contributed by atoms with Crippen molar-refractivity contribution in [2.45, 2.75) is 51.0 Å². The highest BCUT2D eigenvalue weighted by Gasteiger charge is 2.24. The summed E-state index contributed by atoms with van der Waals surface area (Å²) >= 11 is 0. The van der Waals surface area contributed by atoms with Crippen LogP contribution in [0.5, 0.6) is 0 Å². The Balaban J connectivity index is 1.23. The van der Waals surface area contributed by atoms with Gasteiger partial charge in [-0.15, -0.1) is 0 Å². The minimum atomic E-state index is -0.642. The predicted octanol–water partition coefficient (Wildman–Crippen LogP) is 4.02. The van der Waals surface area contributed by atoms with E-state index in [0.717, 1.165) is 48.3 Å². The molecule has 4 rings (SSSR count). The van der Waals surface area contributed by atoms with Crippen LogP contribution in [0.15, 0.2) is 54.9 Å². The molecule has 0 bridgehead atoms. The lowest BCUT2D eigenvalue weighted by Crippen LogP contribution is -2.44. The largest absolute Gasteiger partial charge is 0.354 e. The van der Waals surface area contributed by atoms with Crippen molar-refractivity contribution in [2.75, 3.05) is 11.9 Å². The van der Waals surface area contributed by atoms with Crippen LogP contribution in [0.2, 0.25) is 0 Å². The Kier molecular flexibility index (Phi) is 7.80. The van der Waals surface area contributed by atoms with Crippen molar-refractivity contribution in [2.24, 2.45) is 11.7 Å². The van der Waals surface area contributed by atoms with Gasteiger partial charge < -0.3 is 16.4 Å². The molecule has 1 atom stereocenters. The average molecular weight is 463 g/mol. The van der Waals surface area contributed by atoms with E-state index in [0.29, 0.717) is 30.7 Å². The summed E-state index contributed by atoms with van der Waals surface area (Å²) < 4.78 is 13.0. The number of hydrogen-bond donors (Lipinski definition) is 3. The van der Waals surface area contributed by atoms with Gasteiger partial charge >= 0.3 is 0 Å². The highest BCUT2D eigenvalue weighted by Crippen LogP contribution is 2.35. The fraction of sp³-hybridized carbons (Fsp3) is 0.385. The zero-order chi connectivity index (χ0) is 23.9. The number of hydrogen-bond acceptors (Lipinski definition) is 6. The van der Waals surface area contributed by atoms with Gasteiger partial charge in [0.15, 0.2) is 0 Å². The summed E-state index contributed by atoms with van der Waals surface area (Å²) in [5.74, 6) is 1.62. The molecule has 4 N–H and O–H groups in total. The second kappa shape index (κ2) is 11.2. The van der Waals surface area contributed by atoms with Crippen LogP contribution in [0.3, 0.4) is 0 Å². The second-order valence-corrected chi connectivity index (χ2v) is 9.05. The molecular weight excluding hydrogens is 431 g/mol. The Morgan fingerprint density at radius 1 is 1.09 bits per heavy atom. The number of nitrogens with two attached hydrogens (primary N) is 1. The molecule has 0 radical (unpaired) electrons. The van der Waals surface area contributed by atoms with Gasteiger partial charge in [-0.25, -0.2) is 19.3 Å². The summed E-state index contributed by atoms with van der Waals surface area (Å²) in [6.07, 6.45) is 8.05. The summed E-state index contributed by atoms with van der Waals surface area (Å²) in [5.41, 5.74) is 9.03. The summed E-state index contributed by atoms with van der Waals surface area (Å²) in [5, 5.41) is 6.17. The molecule has 8 heteroatoms. The van der Waals surface area contributed by atoms with Crippen LogP contribution in [0.1, 0.15) is 48.4 Å². The first-order chi connectivity index (χ1) is 16.5. The number of rotatable bonds is 8. The molecule has 0 aliphatic heterocycles. The lowest BCUT2D eigenvalue weighted by molar-refractivity contribution is -0.122. The van der Waals surface area contributed by atoms with Crippen LogP contribution in [0.4, 0.5) is 16.2 Å². The van der Waals surface area contributed by atoms with Crippen molar-refractivity contribution < 1.29 is 9.18 Å². The number of anilines is 2. The summed E-state index contributed by atoms with van der Waals surface area (Å²) in [6.45, 7) is 2.62. The number of aromatic nitrogens is 3. The number of carbonyl (C=O) groups excluding carboxylic acids is 1. The number of nitrogens with one attached hydrogen (secondary N) is 2. The van der Waals surface area contributed by atoms with E-state index in [9.17, 15) is 9.18 Å². The summed E-state index contributed by atoms with van der Waals surface area (Å²) in [4.78, 5) is 25.8. The SMILES string of the molecule is Cc1ccc(Nc2nccc(C3CCC(CNC(=O)[C@H](N)Cc4ccc(F)cc4)CC3)n2)nc1. The molecule has 2 heterocycles. The monoisotopic (exact) mass is 462 g/mol. The van der Waals surface area contributed by atoms with Crippen molar-refractivity contribution >= 4 is 17.7 Å². The first-order valence-electron chi connectivity index (χ1n) is 11.8. The van der Waals surface area contributed by atoms with Crippen LogP contribution < -0.4 is 16.4 Å². The number of carbonyl (C=O) groups is 1. The number of benzene rings is 1. The maximum Gasteiger partial charge on any atom is 0.237 e. The van der Waals surface area contributed by atoms with Crippen molar-refractivity contribution in [1.82, 2.24) is 20.3 Å². The molecule has 0 unspecified atom stereocenters. The van der Waals surface area contributed by atoms with E-state index < -0.39 is 6.04 Å². The minimum Gasteiger partial charge on any atom is -0.354 e. The van der Waals surface area contributed by atoms with Crippen molar-refractivity contribution in [1.29, 1.82) is 0 Å². The zero-order valence-corrected chi connectivity index (χ0v) is 19.4. The molecular formula is C26H31FN6O. The molecule has 0 spiro atoms. The molecule has 1 aromatic carbocycles. The van der Waals surface area contributed by atoms with E-state index in [4.69, 9.17) is 10.7 Å². The third-order valence-electron chi connectivity index (χ3n) is 6.36. The van der Waals surface area contributed by atoms with E-state index in [-0.39, 0.29) is 11.7 Å². The molecule has 7 nitrogen and oxygen atoms in total. The Bertz CT molecular complexity index is 1080. The molecule has 34 heavy (non-hydrogen) atoms. The molecule has 1 aliphatic rings.